The van der Waals surface area contributed by atoms with Crippen molar-refractivity contribution in [3.05, 3.63) is 54.0 Å². The Morgan fingerprint density at radius 3 is 2.97 bits per heavy atom. The molecule has 184 valence electrons. The highest BCUT2D eigenvalue weighted by atomic mass is 16.5. The lowest BCUT2D eigenvalue weighted by molar-refractivity contribution is -0.142. The Bertz CT molecular complexity index is 1160. The van der Waals surface area contributed by atoms with Crippen LogP contribution in [0.4, 0.5) is 11.6 Å². The molecule has 8 heteroatoms. The lowest BCUT2D eigenvalue weighted by Crippen LogP contribution is -2.35. The van der Waals surface area contributed by atoms with Gasteiger partial charge in [0, 0.05) is 30.7 Å². The Kier molecular flexibility index (Phi) is 7.37. The predicted molar refractivity (Wildman–Crippen MR) is 135 cm³/mol. The molecule has 1 aliphatic heterocycles. The number of hydrogen-bond acceptors (Lipinski definition) is 8. The molecule has 0 radical (unpaired) electrons. The van der Waals surface area contributed by atoms with Crippen LogP contribution in [-0.2, 0) is 27.1 Å². The number of rotatable bonds is 10. The maximum atomic E-state index is 12.4. The minimum Gasteiger partial charge on any atom is -0.467 e. The van der Waals surface area contributed by atoms with Crippen LogP contribution in [0.5, 0.6) is 0 Å². The number of esters is 1. The van der Waals surface area contributed by atoms with Crippen molar-refractivity contribution in [1.29, 1.82) is 0 Å². The van der Waals surface area contributed by atoms with E-state index in [1.165, 1.54) is 31.1 Å². The number of para-hydroxylation sites is 1. The van der Waals surface area contributed by atoms with Crippen molar-refractivity contribution in [3.63, 3.8) is 0 Å². The third-order valence-electron chi connectivity index (χ3n) is 7.05. The summed E-state index contributed by atoms with van der Waals surface area (Å²) in [4.78, 5) is 25.8. The Labute approximate surface area is 205 Å². The van der Waals surface area contributed by atoms with Crippen LogP contribution in [0.1, 0.15) is 43.4 Å². The Morgan fingerprint density at radius 1 is 1.20 bits per heavy atom. The van der Waals surface area contributed by atoms with E-state index in [1.807, 2.05) is 24.3 Å². The zero-order valence-corrected chi connectivity index (χ0v) is 20.2. The van der Waals surface area contributed by atoms with Gasteiger partial charge in [0.1, 0.15) is 24.0 Å². The van der Waals surface area contributed by atoms with E-state index in [0.717, 1.165) is 55.4 Å². The molecule has 35 heavy (non-hydrogen) atoms. The van der Waals surface area contributed by atoms with Gasteiger partial charge in [-0.3, -0.25) is 0 Å². The number of anilines is 2. The van der Waals surface area contributed by atoms with E-state index >= 15 is 0 Å². The highest BCUT2D eigenvalue weighted by molar-refractivity contribution is 5.90. The van der Waals surface area contributed by atoms with E-state index in [2.05, 4.69) is 32.7 Å². The summed E-state index contributed by atoms with van der Waals surface area (Å²) in [6, 6.07) is 11.6. The first-order valence-corrected chi connectivity index (χ1v) is 12.6. The SMILES string of the molecule is COC(=O)C(CCO[C@H]1C[C@H](CCc2ccc3c(n2)NCCC3)C1)Nc1ncnc2ccccc12. The van der Waals surface area contributed by atoms with Gasteiger partial charge in [0.25, 0.3) is 0 Å². The fraction of sp³-hybridized carbons (Fsp3) is 0.481. The van der Waals surface area contributed by atoms with Crippen LogP contribution in [-0.4, -0.2) is 53.3 Å². The summed E-state index contributed by atoms with van der Waals surface area (Å²) >= 11 is 0. The summed E-state index contributed by atoms with van der Waals surface area (Å²) in [5.41, 5.74) is 3.34. The third-order valence-corrected chi connectivity index (χ3v) is 7.05. The molecule has 1 unspecified atom stereocenters. The molecule has 1 atom stereocenters. The monoisotopic (exact) mass is 475 g/mol. The van der Waals surface area contributed by atoms with Crippen molar-refractivity contribution in [2.75, 3.05) is 30.9 Å². The molecule has 1 fully saturated rings. The van der Waals surface area contributed by atoms with E-state index in [1.54, 1.807) is 0 Å². The van der Waals surface area contributed by atoms with Crippen molar-refractivity contribution < 1.29 is 14.3 Å². The fourth-order valence-electron chi connectivity index (χ4n) is 4.94. The second-order valence-electron chi connectivity index (χ2n) is 9.46. The summed E-state index contributed by atoms with van der Waals surface area (Å²) in [7, 11) is 1.40. The topological polar surface area (TPSA) is 98.3 Å². The van der Waals surface area contributed by atoms with Crippen LogP contribution < -0.4 is 10.6 Å². The molecule has 0 amide bonds. The quantitative estimate of drug-likeness (QED) is 0.422. The Balaban J connectivity index is 1.06. The number of aromatic nitrogens is 3. The average molecular weight is 476 g/mol. The number of methoxy groups -OCH3 is 1. The molecule has 1 aliphatic carbocycles. The molecule has 3 heterocycles. The first-order valence-electron chi connectivity index (χ1n) is 12.6. The van der Waals surface area contributed by atoms with Gasteiger partial charge in [0.2, 0.25) is 0 Å². The van der Waals surface area contributed by atoms with Gasteiger partial charge in [-0.05, 0) is 68.2 Å². The molecule has 2 N–H and O–H groups in total. The van der Waals surface area contributed by atoms with Gasteiger partial charge in [0.05, 0.1) is 18.7 Å². The first kappa shape index (κ1) is 23.5. The standard InChI is InChI=1S/C27H33N5O3/c1-34-27(33)24(32-26-22-6-2-3-7-23(22)29-17-30-26)12-14-35-21-15-18(16-21)8-10-20-11-9-19-5-4-13-28-25(19)31-20/h2-3,6-7,9,11,17-18,21,24H,4-5,8,10,12-16H2,1H3,(H,28,31)(H,29,30,32)/t18-,21-,24?. The van der Waals surface area contributed by atoms with Crippen molar-refractivity contribution in [2.45, 2.75) is 57.1 Å². The third kappa shape index (κ3) is 5.70. The van der Waals surface area contributed by atoms with E-state index in [-0.39, 0.29) is 12.1 Å². The number of nitrogens with zero attached hydrogens (tertiary/aromatic N) is 3. The van der Waals surface area contributed by atoms with Crippen molar-refractivity contribution in [3.8, 4) is 0 Å². The zero-order valence-electron chi connectivity index (χ0n) is 20.2. The second kappa shape index (κ2) is 11.0. The summed E-state index contributed by atoms with van der Waals surface area (Å²) in [5, 5.41) is 7.52. The first-order chi connectivity index (χ1) is 17.2. The maximum absolute atomic E-state index is 12.4. The van der Waals surface area contributed by atoms with Gasteiger partial charge in [-0.15, -0.1) is 0 Å². The van der Waals surface area contributed by atoms with Crippen LogP contribution >= 0.6 is 0 Å². The average Bonchev–Trinajstić information content (AvgIpc) is 2.88. The second-order valence-corrected chi connectivity index (χ2v) is 9.46. The number of benzene rings is 1. The predicted octanol–water partition coefficient (Wildman–Crippen LogP) is 4.15. The van der Waals surface area contributed by atoms with Crippen LogP contribution in [0.2, 0.25) is 0 Å². The Morgan fingerprint density at radius 2 is 2.09 bits per heavy atom. The molecule has 1 aromatic carbocycles. The highest BCUT2D eigenvalue weighted by Gasteiger charge is 2.30. The molecule has 0 saturated heterocycles. The number of hydrogen-bond donors (Lipinski definition) is 2. The summed E-state index contributed by atoms with van der Waals surface area (Å²) < 4.78 is 11.1. The largest absolute Gasteiger partial charge is 0.467 e. The van der Waals surface area contributed by atoms with Gasteiger partial charge < -0.3 is 20.1 Å². The molecule has 0 spiro atoms. The van der Waals surface area contributed by atoms with Crippen molar-refractivity contribution in [1.82, 2.24) is 15.0 Å². The van der Waals surface area contributed by atoms with Crippen LogP contribution in [0.3, 0.4) is 0 Å². The summed E-state index contributed by atoms with van der Waals surface area (Å²) in [6.45, 7) is 1.51. The van der Waals surface area contributed by atoms with E-state index in [0.29, 0.717) is 24.8 Å². The van der Waals surface area contributed by atoms with Crippen LogP contribution in [0, 0.1) is 5.92 Å². The number of fused-ring (bicyclic) bond motifs is 2. The minimum atomic E-state index is -0.530. The molecular weight excluding hydrogens is 442 g/mol. The molecule has 3 aromatic rings. The van der Waals surface area contributed by atoms with Crippen LogP contribution in [0.25, 0.3) is 10.9 Å². The Hall–Kier alpha value is -3.26. The van der Waals surface area contributed by atoms with E-state index < -0.39 is 6.04 Å². The smallest absolute Gasteiger partial charge is 0.328 e. The fourth-order valence-corrected chi connectivity index (χ4v) is 4.94. The summed E-state index contributed by atoms with van der Waals surface area (Å²) in [6.07, 6.45) is 8.86. The highest BCUT2D eigenvalue weighted by Crippen LogP contribution is 2.34. The van der Waals surface area contributed by atoms with Gasteiger partial charge >= 0.3 is 5.97 Å². The number of carbonyl (C=O) groups excluding carboxylic acids is 1. The number of carbonyl (C=O) groups is 1. The van der Waals surface area contributed by atoms with Gasteiger partial charge in [-0.25, -0.2) is 19.7 Å². The van der Waals surface area contributed by atoms with Gasteiger partial charge in [-0.2, -0.15) is 0 Å². The molecule has 0 bridgehead atoms. The van der Waals surface area contributed by atoms with Crippen LogP contribution in [0.15, 0.2) is 42.7 Å². The number of aryl methyl sites for hydroxylation is 2. The minimum absolute atomic E-state index is 0.260. The number of nitrogens with one attached hydrogen (secondary N) is 2. The maximum Gasteiger partial charge on any atom is 0.328 e. The molecule has 5 rings (SSSR count). The number of ether oxygens (including phenoxy) is 2. The summed E-state index contributed by atoms with van der Waals surface area (Å²) in [5.74, 6) is 2.05. The lowest BCUT2D eigenvalue weighted by atomic mass is 9.79. The van der Waals surface area contributed by atoms with E-state index in [9.17, 15) is 4.79 Å². The normalized spacial score (nSPS) is 19.8. The molecule has 8 nitrogen and oxygen atoms in total. The molecule has 2 aliphatic rings. The molecule has 2 aromatic heterocycles. The number of pyridine rings is 1. The molecular formula is C27H33N5O3. The van der Waals surface area contributed by atoms with E-state index in [4.69, 9.17) is 14.5 Å². The molecule has 1 saturated carbocycles. The van der Waals surface area contributed by atoms with Gasteiger partial charge in [-0.1, -0.05) is 18.2 Å². The van der Waals surface area contributed by atoms with Crippen molar-refractivity contribution >= 4 is 28.5 Å². The van der Waals surface area contributed by atoms with Crippen molar-refractivity contribution in [2.24, 2.45) is 5.92 Å². The van der Waals surface area contributed by atoms with Gasteiger partial charge in [0.15, 0.2) is 0 Å². The zero-order chi connectivity index (χ0) is 24.0. The lowest BCUT2D eigenvalue weighted by Gasteiger charge is -2.35.